The molecule has 4 aromatic rings. The molecule has 0 saturated heterocycles. The Labute approximate surface area is 152 Å². The molecule has 0 aliphatic heterocycles. The molecule has 0 aliphatic rings. The average molecular weight is 391 g/mol. The van der Waals surface area contributed by atoms with E-state index in [0.29, 0.717) is 10.4 Å². The van der Waals surface area contributed by atoms with Gasteiger partial charge in [0.15, 0.2) is 0 Å². The van der Waals surface area contributed by atoms with Crippen LogP contribution in [0.5, 0.6) is 0 Å². The van der Waals surface area contributed by atoms with E-state index < -0.39 is 15.8 Å². The van der Waals surface area contributed by atoms with Crippen LogP contribution in [-0.2, 0) is 0 Å². The summed E-state index contributed by atoms with van der Waals surface area (Å²) in [6.45, 7) is 2.25. The fraction of sp³-hybridized carbons (Fsp3) is 0.105. The zero-order valence-corrected chi connectivity index (χ0v) is 15.9. The molecule has 0 bridgehead atoms. The first-order valence-electron chi connectivity index (χ1n) is 8.08. The van der Waals surface area contributed by atoms with Gasteiger partial charge in [-0.2, -0.15) is 0 Å². The summed E-state index contributed by atoms with van der Waals surface area (Å²) in [5.41, 5.74) is 9.76. The molecule has 0 spiro atoms. The molecule has 124 valence electrons. The van der Waals surface area contributed by atoms with Gasteiger partial charge in [-0.3, -0.25) is 0 Å². The van der Waals surface area contributed by atoms with Crippen molar-refractivity contribution in [1.82, 2.24) is 19.5 Å². The van der Waals surface area contributed by atoms with Crippen LogP contribution < -0.4 is 10.3 Å². The molecular formula is C19H18AsN5. The molecule has 2 heterocycles. The van der Waals surface area contributed by atoms with Gasteiger partial charge in [-0.25, -0.2) is 0 Å². The van der Waals surface area contributed by atoms with Gasteiger partial charge in [0.05, 0.1) is 0 Å². The van der Waals surface area contributed by atoms with E-state index in [4.69, 9.17) is 10.7 Å². The Morgan fingerprint density at radius 2 is 1.88 bits per heavy atom. The molecule has 0 amide bonds. The Balaban J connectivity index is 1.65. The third-order valence-corrected chi connectivity index (χ3v) is 6.76. The Kier molecular flexibility index (Phi) is 4.24. The molecule has 4 rings (SSSR count). The molecule has 0 radical (unpaired) electrons. The molecule has 5 nitrogen and oxygen atoms in total. The topological polar surface area (TPSA) is 69.6 Å². The van der Waals surface area contributed by atoms with Crippen LogP contribution in [0, 0.1) is 0 Å². The SMILES string of the molecule is C[C@H]([AsH]c1nccc(-n2cnc3cc(N)ccc32)n1)c1ccccc1. The molecule has 6 heteroatoms. The van der Waals surface area contributed by atoms with Crippen molar-refractivity contribution in [2.75, 3.05) is 5.73 Å². The van der Waals surface area contributed by atoms with Crippen LogP contribution in [0.25, 0.3) is 16.9 Å². The summed E-state index contributed by atoms with van der Waals surface area (Å²) in [5, 5.41) is 0. The first-order valence-corrected chi connectivity index (χ1v) is 10.3. The van der Waals surface area contributed by atoms with E-state index in [1.165, 1.54) is 5.56 Å². The number of anilines is 1. The second-order valence-electron chi connectivity index (χ2n) is 5.88. The number of hydrogen-bond donors (Lipinski definition) is 1. The second-order valence-corrected chi connectivity index (χ2v) is 9.24. The Bertz CT molecular complexity index is 1010. The number of rotatable bonds is 4. The number of nitrogens with zero attached hydrogens (tertiary/aromatic N) is 4. The third-order valence-electron chi connectivity index (χ3n) is 4.10. The third kappa shape index (κ3) is 3.28. The van der Waals surface area contributed by atoms with Crippen molar-refractivity contribution >= 4 is 37.1 Å². The summed E-state index contributed by atoms with van der Waals surface area (Å²) in [7, 11) is 0. The van der Waals surface area contributed by atoms with E-state index in [-0.39, 0.29) is 0 Å². The van der Waals surface area contributed by atoms with Gasteiger partial charge in [-0.1, -0.05) is 0 Å². The van der Waals surface area contributed by atoms with Crippen LogP contribution in [0.2, 0.25) is 0 Å². The number of fused-ring (bicyclic) bond motifs is 1. The van der Waals surface area contributed by atoms with E-state index in [9.17, 15) is 0 Å². The van der Waals surface area contributed by atoms with Crippen LogP contribution in [0.1, 0.15) is 17.2 Å². The molecule has 2 aromatic carbocycles. The summed E-state index contributed by atoms with van der Waals surface area (Å²) < 4.78 is 3.42. The summed E-state index contributed by atoms with van der Waals surface area (Å²) in [4.78, 5) is 13.7. The van der Waals surface area contributed by atoms with Gasteiger partial charge in [0, 0.05) is 0 Å². The normalized spacial score (nSPS) is 12.8. The van der Waals surface area contributed by atoms with Crippen molar-refractivity contribution < 1.29 is 0 Å². The zero-order valence-electron chi connectivity index (χ0n) is 13.8. The quantitative estimate of drug-likeness (QED) is 0.428. The Morgan fingerprint density at radius 1 is 1.04 bits per heavy atom. The van der Waals surface area contributed by atoms with Crippen LogP contribution in [0.4, 0.5) is 5.69 Å². The van der Waals surface area contributed by atoms with Crippen LogP contribution in [0.3, 0.4) is 0 Å². The summed E-state index contributed by atoms with van der Waals surface area (Å²) in [6, 6.07) is 18.2. The Morgan fingerprint density at radius 3 is 2.72 bits per heavy atom. The second kappa shape index (κ2) is 6.69. The number of nitrogens with two attached hydrogens (primary N) is 1. The van der Waals surface area contributed by atoms with Gasteiger partial charge in [0.1, 0.15) is 0 Å². The molecule has 2 aromatic heterocycles. The van der Waals surface area contributed by atoms with E-state index in [0.717, 1.165) is 21.5 Å². The fourth-order valence-electron chi connectivity index (χ4n) is 2.78. The zero-order chi connectivity index (χ0) is 17.2. The standard InChI is InChI=1S/C19H18AsN5/c1-13(14-5-3-2-4-6-14)20-19-22-10-9-18(24-19)25-12-23-16-11-15(21)7-8-17(16)25/h2-13,20H,21H2,1H3/t13-/m0/s1. The number of aromatic nitrogens is 4. The predicted octanol–water partition coefficient (Wildman–Crippen LogP) is 2.22. The van der Waals surface area contributed by atoms with Crippen molar-refractivity contribution in [3.8, 4) is 5.82 Å². The van der Waals surface area contributed by atoms with Gasteiger partial charge in [-0.15, -0.1) is 0 Å². The fourth-order valence-corrected chi connectivity index (χ4v) is 5.04. The monoisotopic (exact) mass is 391 g/mol. The van der Waals surface area contributed by atoms with Crippen molar-refractivity contribution in [1.29, 1.82) is 0 Å². The van der Waals surface area contributed by atoms with E-state index in [1.807, 2.05) is 41.1 Å². The number of benzene rings is 2. The first-order chi connectivity index (χ1) is 12.2. The molecule has 2 atom stereocenters. The molecule has 0 fully saturated rings. The molecule has 0 saturated carbocycles. The van der Waals surface area contributed by atoms with Crippen LogP contribution >= 0.6 is 0 Å². The van der Waals surface area contributed by atoms with E-state index >= 15 is 0 Å². The molecule has 0 aliphatic carbocycles. The van der Waals surface area contributed by atoms with Crippen LogP contribution in [-0.4, -0.2) is 35.3 Å². The molecule has 2 N–H and O–H groups in total. The number of imidazole rings is 1. The van der Waals surface area contributed by atoms with Gasteiger partial charge in [0.2, 0.25) is 0 Å². The number of nitrogen functional groups attached to an aromatic ring is 1. The maximum absolute atomic E-state index is 5.84. The Hall–Kier alpha value is -2.65. The first kappa shape index (κ1) is 15.9. The van der Waals surface area contributed by atoms with Crippen molar-refractivity contribution in [2.24, 2.45) is 0 Å². The van der Waals surface area contributed by atoms with Crippen molar-refractivity contribution in [3.63, 3.8) is 0 Å². The summed E-state index contributed by atoms with van der Waals surface area (Å²) in [6.07, 6.45) is 3.62. The minimum absolute atomic E-state index is 0.482. The molecule has 1 unspecified atom stereocenters. The van der Waals surface area contributed by atoms with Crippen LogP contribution in [0.15, 0.2) is 67.1 Å². The predicted molar refractivity (Wildman–Crippen MR) is 103 cm³/mol. The van der Waals surface area contributed by atoms with Gasteiger partial charge in [-0.05, 0) is 0 Å². The van der Waals surface area contributed by atoms with E-state index in [2.05, 4.69) is 41.2 Å². The molecular weight excluding hydrogens is 373 g/mol. The van der Waals surface area contributed by atoms with Crippen molar-refractivity contribution in [3.05, 3.63) is 72.7 Å². The van der Waals surface area contributed by atoms with Gasteiger partial charge in [0.25, 0.3) is 0 Å². The van der Waals surface area contributed by atoms with Gasteiger partial charge >= 0.3 is 152 Å². The molecule has 25 heavy (non-hydrogen) atoms. The van der Waals surface area contributed by atoms with E-state index in [1.54, 1.807) is 6.33 Å². The maximum atomic E-state index is 5.84. The summed E-state index contributed by atoms with van der Waals surface area (Å²) >= 11 is -0.487. The summed E-state index contributed by atoms with van der Waals surface area (Å²) in [5.74, 6) is 0.848. The number of hydrogen-bond acceptors (Lipinski definition) is 4. The average Bonchev–Trinajstić information content (AvgIpc) is 3.05. The minimum atomic E-state index is -0.487. The van der Waals surface area contributed by atoms with Gasteiger partial charge < -0.3 is 0 Å². The van der Waals surface area contributed by atoms with Crippen molar-refractivity contribution in [2.45, 2.75) is 11.6 Å².